The summed E-state index contributed by atoms with van der Waals surface area (Å²) in [4.78, 5) is 46.9. The number of aliphatic hydroxyl groups is 1. The van der Waals surface area contributed by atoms with E-state index in [4.69, 9.17) is 25.5 Å². The number of furan rings is 1. The van der Waals surface area contributed by atoms with Crippen molar-refractivity contribution in [2.45, 2.75) is 31.8 Å². The first-order chi connectivity index (χ1) is 18.3. The highest BCUT2D eigenvalue weighted by Crippen LogP contribution is 2.42. The third-order valence-corrected chi connectivity index (χ3v) is 7.05. The van der Waals surface area contributed by atoms with Crippen LogP contribution in [0.25, 0.3) is 11.0 Å². The second-order valence-corrected chi connectivity index (χ2v) is 9.45. The Bertz CT molecular complexity index is 1430. The van der Waals surface area contributed by atoms with Crippen molar-refractivity contribution in [1.82, 2.24) is 14.8 Å². The number of pyridine rings is 1. The third kappa shape index (κ3) is 4.45. The molecule has 1 aromatic carbocycles. The normalized spacial score (nSPS) is 18.4. The van der Waals surface area contributed by atoms with Crippen LogP contribution < -0.4 is 4.74 Å². The molecule has 3 aromatic rings. The smallest absolute Gasteiger partial charge is 0.409 e. The van der Waals surface area contributed by atoms with Crippen molar-refractivity contribution in [3.05, 3.63) is 70.4 Å². The van der Waals surface area contributed by atoms with Gasteiger partial charge in [0, 0.05) is 41.8 Å². The van der Waals surface area contributed by atoms with Gasteiger partial charge >= 0.3 is 6.09 Å². The Balaban J connectivity index is 1.51. The van der Waals surface area contributed by atoms with Crippen LogP contribution in [0.5, 0.6) is 5.75 Å². The van der Waals surface area contributed by atoms with E-state index in [9.17, 15) is 19.5 Å². The zero-order chi connectivity index (χ0) is 27.0. The molecule has 0 bridgehead atoms. The van der Waals surface area contributed by atoms with Crippen LogP contribution in [-0.2, 0) is 9.53 Å². The van der Waals surface area contributed by atoms with Crippen LogP contribution in [0.15, 0.2) is 58.3 Å². The first-order valence-electron chi connectivity index (χ1n) is 12.2. The number of benzene rings is 1. The van der Waals surface area contributed by atoms with Crippen molar-refractivity contribution in [2.24, 2.45) is 0 Å². The summed E-state index contributed by atoms with van der Waals surface area (Å²) in [6.45, 7) is 2.76. The fourth-order valence-electron chi connectivity index (χ4n) is 5.08. The van der Waals surface area contributed by atoms with Crippen LogP contribution in [0.1, 0.15) is 42.1 Å². The average Bonchev–Trinajstić information content (AvgIpc) is 3.47. The number of amides is 2. The molecular formula is C27H26ClN3O7. The second kappa shape index (κ2) is 10.4. The molecule has 10 nitrogen and oxygen atoms in total. The number of carbonyl (C=O) groups is 3. The number of ether oxygens (including phenoxy) is 2. The lowest BCUT2D eigenvalue weighted by Crippen LogP contribution is -2.48. The minimum absolute atomic E-state index is 0.0742. The highest BCUT2D eigenvalue weighted by molar-refractivity contribution is 6.31. The Morgan fingerprint density at radius 2 is 1.97 bits per heavy atom. The van der Waals surface area contributed by atoms with Gasteiger partial charge in [-0.2, -0.15) is 0 Å². The molecule has 0 saturated carbocycles. The molecule has 2 amide bonds. The Morgan fingerprint density at radius 3 is 2.63 bits per heavy atom. The molecule has 2 aliphatic rings. The van der Waals surface area contributed by atoms with E-state index in [0.29, 0.717) is 53.4 Å². The molecule has 1 fully saturated rings. The molecule has 2 aromatic heterocycles. The maximum absolute atomic E-state index is 13.8. The van der Waals surface area contributed by atoms with E-state index in [-0.39, 0.29) is 24.0 Å². The first-order valence-corrected chi connectivity index (χ1v) is 12.6. The molecule has 198 valence electrons. The number of aromatic nitrogens is 1. The van der Waals surface area contributed by atoms with E-state index in [2.05, 4.69) is 4.98 Å². The summed E-state index contributed by atoms with van der Waals surface area (Å²) in [6.07, 6.45) is 2.05. The Morgan fingerprint density at radius 1 is 1.21 bits per heavy atom. The Labute approximate surface area is 223 Å². The van der Waals surface area contributed by atoms with Gasteiger partial charge in [0.25, 0.3) is 5.91 Å². The summed E-state index contributed by atoms with van der Waals surface area (Å²) >= 11 is 6.17. The van der Waals surface area contributed by atoms with Crippen LogP contribution in [0.2, 0.25) is 5.02 Å². The number of hydrogen-bond acceptors (Lipinski definition) is 8. The number of aliphatic hydroxyl groups excluding tert-OH is 1. The zero-order valence-corrected chi connectivity index (χ0v) is 21.6. The number of rotatable bonds is 6. The van der Waals surface area contributed by atoms with Crippen LogP contribution >= 0.6 is 11.6 Å². The number of methoxy groups -OCH3 is 1. The van der Waals surface area contributed by atoms with Crippen LogP contribution in [0.3, 0.4) is 0 Å². The molecule has 5 rings (SSSR count). The van der Waals surface area contributed by atoms with Crippen LogP contribution in [0, 0.1) is 0 Å². The highest BCUT2D eigenvalue weighted by atomic mass is 35.5. The van der Waals surface area contributed by atoms with Gasteiger partial charge in [-0.3, -0.25) is 14.6 Å². The van der Waals surface area contributed by atoms with Gasteiger partial charge in [0.1, 0.15) is 6.04 Å². The molecule has 38 heavy (non-hydrogen) atoms. The number of ketones is 1. The molecule has 11 heteroatoms. The van der Waals surface area contributed by atoms with Gasteiger partial charge in [0.2, 0.25) is 5.78 Å². The predicted molar refractivity (Wildman–Crippen MR) is 137 cm³/mol. The number of halogens is 1. The molecule has 1 saturated heterocycles. The highest BCUT2D eigenvalue weighted by Gasteiger charge is 2.48. The van der Waals surface area contributed by atoms with Crippen LogP contribution in [-0.4, -0.2) is 70.5 Å². The van der Waals surface area contributed by atoms with Gasteiger partial charge in [-0.1, -0.05) is 17.7 Å². The van der Waals surface area contributed by atoms with Crippen molar-refractivity contribution in [3.63, 3.8) is 0 Å². The molecule has 0 radical (unpaired) electrons. The van der Waals surface area contributed by atoms with Gasteiger partial charge in [0.15, 0.2) is 22.9 Å². The topological polar surface area (TPSA) is 122 Å². The lowest BCUT2D eigenvalue weighted by atomic mass is 9.95. The summed E-state index contributed by atoms with van der Waals surface area (Å²) < 4.78 is 16.3. The largest absolute Gasteiger partial charge is 0.503 e. The summed E-state index contributed by atoms with van der Waals surface area (Å²) in [6, 6.07) is 8.60. The SMILES string of the molecule is CCOC(=O)N1CCC(N2C(=O)C(O)=C(C(=O)c3cc4cc(Cl)cc(OC)c4o3)C2c2ccccn2)CC1. The number of Topliss-reactive ketones (excluding diaryl/α,β-unsaturated/α-hetero) is 1. The number of likely N-dealkylation sites (tertiary alicyclic amines) is 1. The summed E-state index contributed by atoms with van der Waals surface area (Å²) in [5.41, 5.74) is 0.630. The van der Waals surface area contributed by atoms with Gasteiger partial charge in [-0.05, 0) is 44.0 Å². The van der Waals surface area contributed by atoms with E-state index in [0.717, 1.165) is 0 Å². The van der Waals surface area contributed by atoms with Crippen LogP contribution in [0.4, 0.5) is 4.79 Å². The van der Waals surface area contributed by atoms with Gasteiger partial charge < -0.3 is 28.8 Å². The number of nitrogens with zero attached hydrogens (tertiary/aromatic N) is 3. The molecule has 2 aliphatic heterocycles. The summed E-state index contributed by atoms with van der Waals surface area (Å²) in [5, 5.41) is 12.0. The van der Waals surface area contributed by atoms with Crippen molar-refractivity contribution in [1.29, 1.82) is 0 Å². The van der Waals surface area contributed by atoms with Gasteiger partial charge in [-0.25, -0.2) is 4.79 Å². The van der Waals surface area contributed by atoms with E-state index in [1.54, 1.807) is 48.4 Å². The van der Waals surface area contributed by atoms with E-state index in [1.807, 2.05) is 0 Å². The van der Waals surface area contributed by atoms with E-state index in [1.165, 1.54) is 18.1 Å². The van der Waals surface area contributed by atoms with Crippen molar-refractivity contribution in [3.8, 4) is 5.75 Å². The minimum atomic E-state index is -0.936. The molecule has 0 spiro atoms. The lowest BCUT2D eigenvalue weighted by molar-refractivity contribution is -0.132. The lowest BCUT2D eigenvalue weighted by Gasteiger charge is -2.39. The zero-order valence-electron chi connectivity index (χ0n) is 20.8. The quantitative estimate of drug-likeness (QED) is 0.448. The summed E-state index contributed by atoms with van der Waals surface area (Å²) in [7, 11) is 1.46. The van der Waals surface area contributed by atoms with E-state index < -0.39 is 29.6 Å². The van der Waals surface area contributed by atoms with Crippen molar-refractivity contribution in [2.75, 3.05) is 26.8 Å². The van der Waals surface area contributed by atoms with Crippen molar-refractivity contribution >= 4 is 40.4 Å². The maximum Gasteiger partial charge on any atom is 0.409 e. The molecule has 1 atom stereocenters. The Hall–Kier alpha value is -4.05. The van der Waals surface area contributed by atoms with Gasteiger partial charge in [0.05, 0.1) is 25.0 Å². The first kappa shape index (κ1) is 25.6. The number of hydrogen-bond donors (Lipinski definition) is 1. The van der Waals surface area contributed by atoms with Crippen molar-refractivity contribution < 1.29 is 33.4 Å². The number of carbonyl (C=O) groups excluding carboxylic acids is 3. The molecule has 0 aliphatic carbocycles. The third-order valence-electron chi connectivity index (χ3n) is 6.83. The average molecular weight is 540 g/mol. The van der Waals surface area contributed by atoms with Gasteiger partial charge in [-0.15, -0.1) is 0 Å². The molecule has 1 N–H and O–H groups in total. The molecule has 1 unspecified atom stereocenters. The fourth-order valence-corrected chi connectivity index (χ4v) is 5.30. The minimum Gasteiger partial charge on any atom is -0.503 e. The molecular weight excluding hydrogens is 514 g/mol. The summed E-state index contributed by atoms with van der Waals surface area (Å²) in [5.74, 6) is -1.69. The van der Waals surface area contributed by atoms with E-state index >= 15 is 0 Å². The maximum atomic E-state index is 13.8. The fraction of sp³-hybridized carbons (Fsp3) is 0.333. The standard InChI is InChI=1S/C27H26ClN3O7/c1-3-37-27(35)30-10-7-17(8-11-30)31-22(18-6-4-5-9-29-18)21(24(33)26(31)34)23(32)19-13-15-12-16(28)14-20(36-2)25(15)38-19/h4-6,9,12-14,17,22,33H,3,7-8,10-11H2,1-2H3. The number of fused-ring (bicyclic) bond motifs is 1. The monoisotopic (exact) mass is 539 g/mol. The Kier molecular flexibility index (Phi) is 6.98. The second-order valence-electron chi connectivity index (χ2n) is 9.02. The molecule has 4 heterocycles. The number of piperidine rings is 1. The predicted octanol–water partition coefficient (Wildman–Crippen LogP) is 4.69.